The van der Waals surface area contributed by atoms with Gasteiger partial charge in [0.25, 0.3) is 0 Å². The molecule has 0 bridgehead atoms. The lowest BCUT2D eigenvalue weighted by molar-refractivity contribution is -0.110. The van der Waals surface area contributed by atoms with E-state index in [9.17, 15) is 10.2 Å². The summed E-state index contributed by atoms with van der Waals surface area (Å²) < 4.78 is 21.0. The Balaban J connectivity index is 2.39. The Morgan fingerprint density at radius 3 is 1.05 bits per heavy atom. The van der Waals surface area contributed by atoms with Crippen molar-refractivity contribution in [2.45, 2.75) is 135 Å². The van der Waals surface area contributed by atoms with Crippen LogP contribution in [0.5, 0.6) is 0 Å². The molecule has 1 saturated carbocycles. The molecule has 1 heterocycles. The van der Waals surface area contributed by atoms with Crippen LogP contribution in [0.1, 0.15) is 90.0 Å². The van der Waals surface area contributed by atoms with Crippen LogP contribution in [0.25, 0.3) is 0 Å². The molecule has 7 heteroatoms. The first kappa shape index (κ1) is 33.4. The molecule has 1 aliphatic heterocycles. The second kappa shape index (κ2) is 13.3. The lowest BCUT2D eigenvalue weighted by Crippen LogP contribution is -2.52. The molecule has 7 atom stereocenters. The van der Waals surface area contributed by atoms with Crippen molar-refractivity contribution in [2.75, 3.05) is 26.4 Å². The highest BCUT2D eigenvalue weighted by Crippen LogP contribution is 2.59. The molecule has 1 saturated heterocycles. The van der Waals surface area contributed by atoms with Crippen LogP contribution in [0, 0.1) is 29.6 Å². The molecule has 2 N–H and O–H groups in total. The summed E-state index contributed by atoms with van der Waals surface area (Å²) in [5, 5.41) is 21.1. The van der Waals surface area contributed by atoms with E-state index < -0.39 is 16.6 Å². The number of hydrogen-bond acceptors (Lipinski definition) is 5. The summed E-state index contributed by atoms with van der Waals surface area (Å²) in [6.07, 6.45) is -0.354. The molecule has 0 aromatic rings. The number of aliphatic hydroxyl groups excluding tert-OH is 2. The molecule has 2 fully saturated rings. The van der Waals surface area contributed by atoms with Gasteiger partial charge in [0.15, 0.2) is 16.6 Å². The molecule has 0 aromatic heterocycles. The van der Waals surface area contributed by atoms with Gasteiger partial charge in [0.05, 0.1) is 25.4 Å². The van der Waals surface area contributed by atoms with Crippen molar-refractivity contribution in [1.29, 1.82) is 0 Å². The molecular formula is C30H62O5Si2. The average Bonchev–Trinajstić information content (AvgIpc) is 3.45. The minimum absolute atomic E-state index is 0.0412. The number of fused-ring (bicyclic) bond motifs is 1. The van der Waals surface area contributed by atoms with E-state index in [0.717, 1.165) is 0 Å². The van der Waals surface area contributed by atoms with Crippen molar-refractivity contribution in [3.8, 4) is 0 Å². The zero-order valence-corrected chi connectivity index (χ0v) is 28.5. The van der Waals surface area contributed by atoms with Crippen molar-refractivity contribution in [1.82, 2.24) is 0 Å². The molecule has 37 heavy (non-hydrogen) atoms. The smallest absolute Gasteiger partial charge is 0.200 e. The van der Waals surface area contributed by atoms with Crippen molar-refractivity contribution in [2.24, 2.45) is 29.6 Å². The van der Waals surface area contributed by atoms with Gasteiger partial charge in [0.2, 0.25) is 0 Å². The van der Waals surface area contributed by atoms with E-state index in [2.05, 4.69) is 90.0 Å². The highest BCUT2D eigenvalue weighted by Gasteiger charge is 2.61. The molecule has 2 aliphatic rings. The molecular weight excluding hydrogens is 496 g/mol. The zero-order chi connectivity index (χ0) is 28.5. The molecule has 220 valence electrons. The predicted octanol–water partition coefficient (Wildman–Crippen LogP) is 7.24. The largest absolute Gasteiger partial charge is 0.413 e. The Labute approximate surface area is 231 Å². The van der Waals surface area contributed by atoms with Gasteiger partial charge in [-0.3, -0.25) is 0 Å². The van der Waals surface area contributed by atoms with E-state index in [1.165, 1.54) is 0 Å². The Morgan fingerprint density at radius 1 is 0.568 bits per heavy atom. The van der Waals surface area contributed by atoms with E-state index in [0.29, 0.717) is 64.2 Å². The third-order valence-electron chi connectivity index (χ3n) is 10.6. The first-order valence-corrected chi connectivity index (χ1v) is 19.6. The minimum Gasteiger partial charge on any atom is -0.413 e. The van der Waals surface area contributed by atoms with Gasteiger partial charge in [-0.05, 0) is 51.0 Å². The Hall–Kier alpha value is 0.234. The highest BCUT2D eigenvalue weighted by atomic mass is 28.4. The predicted molar refractivity (Wildman–Crippen MR) is 160 cm³/mol. The van der Waals surface area contributed by atoms with E-state index in [1.54, 1.807) is 0 Å². The fourth-order valence-corrected chi connectivity index (χ4v) is 20.0. The van der Waals surface area contributed by atoms with Gasteiger partial charge < -0.3 is 23.8 Å². The molecule has 0 radical (unpaired) electrons. The van der Waals surface area contributed by atoms with Crippen LogP contribution in [0.15, 0.2) is 0 Å². The third kappa shape index (κ3) is 6.28. The van der Waals surface area contributed by atoms with Gasteiger partial charge >= 0.3 is 0 Å². The van der Waals surface area contributed by atoms with Gasteiger partial charge in [0, 0.05) is 25.0 Å². The normalized spacial score (nSPS) is 31.2. The zero-order valence-electron chi connectivity index (χ0n) is 26.5. The molecule has 1 unspecified atom stereocenters. The van der Waals surface area contributed by atoms with E-state index >= 15 is 0 Å². The Kier molecular flexibility index (Phi) is 12.0. The van der Waals surface area contributed by atoms with Gasteiger partial charge in [-0.25, -0.2) is 0 Å². The van der Waals surface area contributed by atoms with Crippen molar-refractivity contribution in [3.63, 3.8) is 0 Å². The van der Waals surface area contributed by atoms with Crippen molar-refractivity contribution >= 4 is 16.6 Å². The maximum Gasteiger partial charge on any atom is 0.200 e. The second-order valence-electron chi connectivity index (χ2n) is 14.2. The lowest BCUT2D eigenvalue weighted by atomic mass is 9.93. The van der Waals surface area contributed by atoms with Crippen molar-refractivity contribution < 1.29 is 23.8 Å². The summed E-state index contributed by atoms with van der Waals surface area (Å²) >= 11 is 0. The summed E-state index contributed by atoms with van der Waals surface area (Å²) in [5.74, 6) is 1.30. The van der Waals surface area contributed by atoms with Gasteiger partial charge in [0.1, 0.15) is 0 Å². The standard InChI is InChI=1S/C30H62O5Si2/c1-18(2)36(19(3)4,20(5)6)33-16-27-25(14-31)29-24(13)30(29)26(15-32)28(35-27)17-34-37(21(7)8,22(9)10)23(11)12/h18-32H,14-17H2,1-13H3/t24?,25-,26+,27-,28+,29+,30-. The third-order valence-corrected chi connectivity index (χ3v) is 22.8. The second-order valence-corrected chi connectivity index (χ2v) is 25.1. The first-order valence-electron chi connectivity index (χ1n) is 15.3. The topological polar surface area (TPSA) is 68.2 Å². The Morgan fingerprint density at radius 2 is 0.838 bits per heavy atom. The summed E-state index contributed by atoms with van der Waals surface area (Å²) in [5.41, 5.74) is 2.99. The van der Waals surface area contributed by atoms with E-state index in [-0.39, 0.29) is 37.3 Å². The van der Waals surface area contributed by atoms with E-state index in [1.807, 2.05) is 0 Å². The SMILES string of the molecule is CC1[C@@H]2[C@@H](CO)[C@H](CO[Si](C(C)C)(C(C)C)C(C)C)O[C@H](CO[Si](C(C)C)(C(C)C)C(C)C)[C@@H](CO)[C@H]12. The number of aliphatic hydroxyl groups is 2. The lowest BCUT2D eigenvalue weighted by Gasteiger charge is -2.45. The average molecular weight is 559 g/mol. The van der Waals surface area contributed by atoms with Crippen LogP contribution in [-0.4, -0.2) is 65.5 Å². The summed E-state index contributed by atoms with van der Waals surface area (Å²) in [7, 11) is -4.14. The summed E-state index contributed by atoms with van der Waals surface area (Å²) in [6, 6.07) is 0. The van der Waals surface area contributed by atoms with Crippen LogP contribution < -0.4 is 0 Å². The van der Waals surface area contributed by atoms with Crippen LogP contribution in [0.2, 0.25) is 33.2 Å². The van der Waals surface area contributed by atoms with Gasteiger partial charge in [-0.1, -0.05) is 90.0 Å². The van der Waals surface area contributed by atoms with Gasteiger partial charge in [-0.15, -0.1) is 0 Å². The summed E-state index contributed by atoms with van der Waals surface area (Å²) in [6.45, 7) is 31.3. The molecule has 0 aromatic carbocycles. The quantitative estimate of drug-likeness (QED) is 0.220. The van der Waals surface area contributed by atoms with Gasteiger partial charge in [-0.2, -0.15) is 0 Å². The number of rotatable bonds is 14. The van der Waals surface area contributed by atoms with Crippen LogP contribution in [-0.2, 0) is 13.6 Å². The minimum atomic E-state index is -2.07. The number of hydrogen-bond donors (Lipinski definition) is 2. The number of ether oxygens (including phenoxy) is 1. The van der Waals surface area contributed by atoms with Crippen LogP contribution in [0.3, 0.4) is 0 Å². The molecule has 5 nitrogen and oxygen atoms in total. The van der Waals surface area contributed by atoms with E-state index in [4.69, 9.17) is 13.6 Å². The highest BCUT2D eigenvalue weighted by molar-refractivity contribution is 6.78. The maximum absolute atomic E-state index is 10.6. The van der Waals surface area contributed by atoms with Crippen LogP contribution >= 0.6 is 0 Å². The van der Waals surface area contributed by atoms with Crippen molar-refractivity contribution in [3.05, 3.63) is 0 Å². The molecule has 0 spiro atoms. The fraction of sp³-hybridized carbons (Fsp3) is 1.00. The first-order chi connectivity index (χ1) is 17.1. The fourth-order valence-electron chi connectivity index (χ4n) is 9.06. The molecule has 2 rings (SSSR count). The van der Waals surface area contributed by atoms with Crippen LogP contribution in [0.4, 0.5) is 0 Å². The maximum atomic E-state index is 10.6. The monoisotopic (exact) mass is 558 g/mol. The summed E-state index contributed by atoms with van der Waals surface area (Å²) in [4.78, 5) is 0. The molecule has 1 aliphatic carbocycles. The molecule has 0 amide bonds. The Bertz CT molecular complexity index is 596.